The van der Waals surface area contributed by atoms with E-state index < -0.39 is 5.97 Å². The Labute approximate surface area is 91.3 Å². The molecule has 2 rings (SSSR count). The van der Waals surface area contributed by atoms with Crippen LogP contribution in [-0.4, -0.2) is 21.0 Å². The second-order valence-electron chi connectivity index (χ2n) is 3.25. The number of carboxylic acids is 1. The minimum absolute atomic E-state index is 0.0432. The predicted molar refractivity (Wildman–Crippen MR) is 54.8 cm³/mol. The third kappa shape index (κ3) is 2.48. The maximum absolute atomic E-state index is 10.5. The van der Waals surface area contributed by atoms with Crippen LogP contribution in [-0.2, 0) is 13.1 Å². The maximum Gasteiger partial charge on any atom is 0.371 e. The molecule has 0 aromatic carbocycles. The number of hydrogen-bond donors (Lipinski definition) is 3. The molecule has 0 saturated heterocycles. The molecule has 0 atom stereocenters. The topological polar surface area (TPSA) is 91.1 Å². The highest BCUT2D eigenvalue weighted by molar-refractivity contribution is 5.84. The van der Waals surface area contributed by atoms with E-state index in [0.29, 0.717) is 18.8 Å². The van der Waals surface area contributed by atoms with Crippen LogP contribution in [0, 0.1) is 0 Å². The molecule has 6 heteroatoms. The van der Waals surface area contributed by atoms with Gasteiger partial charge in [0.15, 0.2) is 0 Å². The van der Waals surface area contributed by atoms with Crippen LogP contribution < -0.4 is 5.32 Å². The molecular formula is C10H11N3O3. The van der Waals surface area contributed by atoms with Gasteiger partial charge in [-0.15, -0.1) is 0 Å². The first-order valence-electron chi connectivity index (χ1n) is 4.75. The molecule has 2 aromatic rings. The summed E-state index contributed by atoms with van der Waals surface area (Å²) in [5, 5.41) is 11.7. The van der Waals surface area contributed by atoms with Crippen molar-refractivity contribution in [1.29, 1.82) is 0 Å². The van der Waals surface area contributed by atoms with E-state index in [4.69, 9.17) is 9.52 Å². The summed E-state index contributed by atoms with van der Waals surface area (Å²) in [5.74, 6) is -0.505. The van der Waals surface area contributed by atoms with E-state index in [2.05, 4.69) is 15.3 Å². The van der Waals surface area contributed by atoms with Gasteiger partial charge in [-0.25, -0.2) is 9.78 Å². The lowest BCUT2D eigenvalue weighted by atomic mass is 10.4. The molecular weight excluding hydrogens is 210 g/mol. The second kappa shape index (κ2) is 4.63. The third-order valence-electron chi connectivity index (χ3n) is 2.04. The van der Waals surface area contributed by atoms with Crippen molar-refractivity contribution in [2.24, 2.45) is 0 Å². The molecule has 0 aliphatic rings. The van der Waals surface area contributed by atoms with Crippen LogP contribution >= 0.6 is 0 Å². The van der Waals surface area contributed by atoms with Crippen molar-refractivity contribution < 1.29 is 14.3 Å². The lowest BCUT2D eigenvalue weighted by Crippen LogP contribution is -2.12. The van der Waals surface area contributed by atoms with Crippen molar-refractivity contribution in [3.05, 3.63) is 41.9 Å². The van der Waals surface area contributed by atoms with Crippen LogP contribution in [0.5, 0.6) is 0 Å². The monoisotopic (exact) mass is 221 g/mol. The predicted octanol–water partition coefficient (Wildman–Crippen LogP) is 0.991. The van der Waals surface area contributed by atoms with Crippen LogP contribution in [0.4, 0.5) is 0 Å². The molecule has 0 bridgehead atoms. The average molecular weight is 221 g/mol. The van der Waals surface area contributed by atoms with Gasteiger partial charge in [-0.2, -0.15) is 0 Å². The fourth-order valence-electron chi connectivity index (χ4n) is 1.29. The summed E-state index contributed by atoms with van der Waals surface area (Å²) in [4.78, 5) is 17.4. The minimum atomic E-state index is -1.06. The lowest BCUT2D eigenvalue weighted by Gasteiger charge is -1.99. The lowest BCUT2D eigenvalue weighted by molar-refractivity contribution is 0.0660. The molecule has 0 aliphatic heterocycles. The van der Waals surface area contributed by atoms with Gasteiger partial charge in [0.25, 0.3) is 0 Å². The highest BCUT2D eigenvalue weighted by atomic mass is 16.4. The van der Waals surface area contributed by atoms with Gasteiger partial charge in [-0.3, -0.25) is 0 Å². The Kier molecular flexibility index (Phi) is 3.02. The number of H-pyrrole nitrogens is 1. The van der Waals surface area contributed by atoms with Crippen molar-refractivity contribution in [3.8, 4) is 0 Å². The molecule has 0 fully saturated rings. The van der Waals surface area contributed by atoms with E-state index in [1.165, 1.54) is 6.07 Å². The van der Waals surface area contributed by atoms with Gasteiger partial charge >= 0.3 is 5.97 Å². The number of nitrogens with one attached hydrogen (secondary N) is 2. The summed E-state index contributed by atoms with van der Waals surface area (Å²) < 4.78 is 5.08. The molecule has 2 aromatic heterocycles. The summed E-state index contributed by atoms with van der Waals surface area (Å²) in [6.07, 6.45) is 3.32. The van der Waals surface area contributed by atoms with Gasteiger partial charge in [-0.05, 0) is 12.1 Å². The zero-order valence-corrected chi connectivity index (χ0v) is 8.43. The number of imidazole rings is 1. The Balaban J connectivity index is 1.83. The quantitative estimate of drug-likeness (QED) is 0.700. The summed E-state index contributed by atoms with van der Waals surface area (Å²) in [6.45, 7) is 1.11. The number of hydrogen-bond acceptors (Lipinski definition) is 4. The van der Waals surface area contributed by atoms with E-state index in [0.717, 1.165) is 5.69 Å². The molecule has 0 aliphatic carbocycles. The number of furan rings is 1. The van der Waals surface area contributed by atoms with E-state index >= 15 is 0 Å². The fourth-order valence-corrected chi connectivity index (χ4v) is 1.29. The van der Waals surface area contributed by atoms with E-state index in [1.807, 2.05) is 0 Å². The normalized spacial score (nSPS) is 10.5. The average Bonchev–Trinajstić information content (AvgIpc) is 2.87. The Morgan fingerprint density at radius 1 is 1.50 bits per heavy atom. The number of aromatic nitrogens is 2. The molecule has 3 N–H and O–H groups in total. The van der Waals surface area contributed by atoms with Crippen molar-refractivity contribution >= 4 is 5.97 Å². The Hall–Kier alpha value is -2.08. The molecule has 0 unspecified atom stereocenters. The van der Waals surface area contributed by atoms with Gasteiger partial charge in [-0.1, -0.05) is 0 Å². The first-order chi connectivity index (χ1) is 7.75. The molecule has 0 spiro atoms. The Bertz CT molecular complexity index is 461. The third-order valence-corrected chi connectivity index (χ3v) is 2.04. The van der Waals surface area contributed by atoms with Crippen LogP contribution in [0.1, 0.15) is 22.0 Å². The first-order valence-corrected chi connectivity index (χ1v) is 4.75. The minimum Gasteiger partial charge on any atom is -0.475 e. The summed E-state index contributed by atoms with van der Waals surface area (Å²) in [6, 6.07) is 3.08. The van der Waals surface area contributed by atoms with Gasteiger partial charge in [0.05, 0.1) is 12.9 Å². The summed E-state index contributed by atoms with van der Waals surface area (Å²) >= 11 is 0. The van der Waals surface area contributed by atoms with Crippen molar-refractivity contribution in [2.45, 2.75) is 13.1 Å². The van der Waals surface area contributed by atoms with E-state index in [1.54, 1.807) is 18.6 Å². The number of nitrogens with zero attached hydrogens (tertiary/aromatic N) is 1. The number of carbonyl (C=O) groups is 1. The highest BCUT2D eigenvalue weighted by Crippen LogP contribution is 2.07. The SMILES string of the molecule is O=C(O)c1ccc(CNCc2cnc[nH]2)o1. The Morgan fingerprint density at radius 3 is 3.00 bits per heavy atom. The van der Waals surface area contributed by atoms with Crippen LogP contribution in [0.15, 0.2) is 29.1 Å². The van der Waals surface area contributed by atoms with Crippen LogP contribution in [0.25, 0.3) is 0 Å². The summed E-state index contributed by atoms with van der Waals surface area (Å²) in [5.41, 5.74) is 0.963. The molecule has 16 heavy (non-hydrogen) atoms. The zero-order chi connectivity index (χ0) is 11.4. The van der Waals surface area contributed by atoms with Crippen LogP contribution in [0.2, 0.25) is 0 Å². The molecule has 0 amide bonds. The van der Waals surface area contributed by atoms with Crippen LogP contribution in [0.3, 0.4) is 0 Å². The van der Waals surface area contributed by atoms with Gasteiger partial charge < -0.3 is 19.8 Å². The van der Waals surface area contributed by atoms with Gasteiger partial charge in [0, 0.05) is 18.4 Å². The molecule has 6 nitrogen and oxygen atoms in total. The van der Waals surface area contributed by atoms with E-state index in [9.17, 15) is 4.79 Å². The number of aromatic carboxylic acids is 1. The number of aromatic amines is 1. The highest BCUT2D eigenvalue weighted by Gasteiger charge is 2.08. The van der Waals surface area contributed by atoms with Gasteiger partial charge in [0.1, 0.15) is 5.76 Å². The maximum atomic E-state index is 10.5. The van der Waals surface area contributed by atoms with Crippen molar-refractivity contribution in [2.75, 3.05) is 0 Å². The standard InChI is InChI=1S/C10H11N3O3/c14-10(15)9-2-1-8(16-9)5-11-3-7-4-12-6-13-7/h1-2,4,6,11H,3,5H2,(H,12,13)(H,14,15). The number of rotatable bonds is 5. The summed E-state index contributed by atoms with van der Waals surface area (Å²) in [7, 11) is 0. The second-order valence-corrected chi connectivity index (χ2v) is 3.25. The first kappa shape index (κ1) is 10.4. The smallest absolute Gasteiger partial charge is 0.371 e. The Morgan fingerprint density at radius 2 is 2.38 bits per heavy atom. The zero-order valence-electron chi connectivity index (χ0n) is 8.43. The molecule has 0 radical (unpaired) electrons. The van der Waals surface area contributed by atoms with E-state index in [-0.39, 0.29) is 5.76 Å². The molecule has 0 saturated carbocycles. The largest absolute Gasteiger partial charge is 0.475 e. The van der Waals surface area contributed by atoms with Gasteiger partial charge in [0.2, 0.25) is 5.76 Å². The molecule has 2 heterocycles. The number of carboxylic acid groups (broad SMARTS) is 1. The molecule has 84 valence electrons. The van der Waals surface area contributed by atoms with Crippen molar-refractivity contribution in [1.82, 2.24) is 15.3 Å². The van der Waals surface area contributed by atoms with Crippen molar-refractivity contribution in [3.63, 3.8) is 0 Å². The fraction of sp³-hybridized carbons (Fsp3) is 0.200.